The number of rotatable bonds is 4. The zero-order valence-corrected chi connectivity index (χ0v) is 10.8. The Morgan fingerprint density at radius 2 is 2.17 bits per heavy atom. The van der Waals surface area contributed by atoms with E-state index in [0.717, 1.165) is 31.6 Å². The van der Waals surface area contributed by atoms with Crippen molar-refractivity contribution >= 4 is 11.6 Å². The average molecular weight is 249 g/mol. The minimum atomic E-state index is -0.224. The molecule has 0 bridgehead atoms. The molecule has 1 fully saturated rings. The molecule has 0 spiro atoms. The van der Waals surface area contributed by atoms with Crippen LogP contribution in [-0.4, -0.2) is 42.0 Å². The van der Waals surface area contributed by atoms with E-state index in [1.165, 1.54) is 0 Å². The van der Waals surface area contributed by atoms with Crippen LogP contribution in [0.2, 0.25) is 0 Å². The molecule has 1 atom stereocenters. The smallest absolute Gasteiger partial charge is 0.244 e. The SMILES string of the molecule is COc1ccc(N[C@H](C)C(=O)N2CCCC2)cn1. The maximum absolute atomic E-state index is 12.1. The first-order valence-corrected chi connectivity index (χ1v) is 6.26. The first-order valence-electron chi connectivity index (χ1n) is 6.26. The molecule has 18 heavy (non-hydrogen) atoms. The van der Waals surface area contributed by atoms with Gasteiger partial charge in [0.25, 0.3) is 0 Å². The van der Waals surface area contributed by atoms with Crippen LogP contribution in [-0.2, 0) is 4.79 Å². The van der Waals surface area contributed by atoms with Gasteiger partial charge in [0.1, 0.15) is 6.04 Å². The van der Waals surface area contributed by atoms with Gasteiger partial charge in [0, 0.05) is 19.2 Å². The van der Waals surface area contributed by atoms with Crippen LogP contribution in [0.25, 0.3) is 0 Å². The number of pyridine rings is 1. The maximum atomic E-state index is 12.1. The van der Waals surface area contributed by atoms with Crippen molar-refractivity contribution in [2.24, 2.45) is 0 Å². The third-order valence-electron chi connectivity index (χ3n) is 3.12. The summed E-state index contributed by atoms with van der Waals surface area (Å²) in [7, 11) is 1.58. The highest BCUT2D eigenvalue weighted by molar-refractivity contribution is 5.84. The lowest BCUT2D eigenvalue weighted by Crippen LogP contribution is -2.39. The van der Waals surface area contributed by atoms with Crippen LogP contribution in [0.1, 0.15) is 19.8 Å². The molecule has 0 radical (unpaired) electrons. The fourth-order valence-electron chi connectivity index (χ4n) is 2.11. The second-order valence-electron chi connectivity index (χ2n) is 4.49. The number of carbonyl (C=O) groups is 1. The van der Waals surface area contributed by atoms with Gasteiger partial charge in [-0.3, -0.25) is 4.79 Å². The van der Waals surface area contributed by atoms with Gasteiger partial charge in [-0.15, -0.1) is 0 Å². The molecule has 2 heterocycles. The van der Waals surface area contributed by atoms with Crippen molar-refractivity contribution in [3.63, 3.8) is 0 Å². The van der Waals surface area contributed by atoms with Crippen molar-refractivity contribution in [1.29, 1.82) is 0 Å². The summed E-state index contributed by atoms with van der Waals surface area (Å²) in [6, 6.07) is 3.41. The van der Waals surface area contributed by atoms with E-state index in [9.17, 15) is 4.79 Å². The first kappa shape index (κ1) is 12.7. The highest BCUT2D eigenvalue weighted by Gasteiger charge is 2.22. The Balaban J connectivity index is 1.92. The Kier molecular flexibility index (Phi) is 4.02. The molecular formula is C13H19N3O2. The molecule has 5 nitrogen and oxygen atoms in total. The van der Waals surface area contributed by atoms with Gasteiger partial charge in [0.2, 0.25) is 11.8 Å². The van der Waals surface area contributed by atoms with E-state index in [-0.39, 0.29) is 11.9 Å². The number of aromatic nitrogens is 1. The molecular weight excluding hydrogens is 230 g/mol. The van der Waals surface area contributed by atoms with Gasteiger partial charge in [-0.05, 0) is 25.8 Å². The highest BCUT2D eigenvalue weighted by Crippen LogP contribution is 2.14. The summed E-state index contributed by atoms with van der Waals surface area (Å²) in [6.45, 7) is 3.64. The Hall–Kier alpha value is -1.78. The van der Waals surface area contributed by atoms with Gasteiger partial charge >= 0.3 is 0 Å². The Morgan fingerprint density at radius 3 is 2.72 bits per heavy atom. The van der Waals surface area contributed by atoms with E-state index in [1.807, 2.05) is 17.9 Å². The molecule has 1 aliphatic heterocycles. The molecule has 0 saturated carbocycles. The normalized spacial score (nSPS) is 16.4. The summed E-state index contributed by atoms with van der Waals surface area (Å²) in [5, 5.41) is 3.16. The van der Waals surface area contributed by atoms with Crippen molar-refractivity contribution in [2.45, 2.75) is 25.8 Å². The standard InChI is InChI=1S/C13H19N3O2/c1-10(13(17)16-7-3-4-8-16)15-11-5-6-12(18-2)14-9-11/h5-6,9-10,15H,3-4,7-8H2,1-2H3/t10-/m1/s1. The summed E-state index contributed by atoms with van der Waals surface area (Å²) in [6.07, 6.45) is 3.90. The predicted molar refractivity (Wildman–Crippen MR) is 69.7 cm³/mol. The first-order chi connectivity index (χ1) is 8.70. The Labute approximate surface area is 107 Å². The fraction of sp³-hybridized carbons (Fsp3) is 0.538. The summed E-state index contributed by atoms with van der Waals surface area (Å²) < 4.78 is 4.99. The average Bonchev–Trinajstić information content (AvgIpc) is 2.92. The molecule has 0 unspecified atom stereocenters. The minimum Gasteiger partial charge on any atom is -0.481 e. The Bertz CT molecular complexity index is 399. The zero-order valence-electron chi connectivity index (χ0n) is 10.8. The molecule has 1 aromatic heterocycles. The number of anilines is 1. The molecule has 1 saturated heterocycles. The van der Waals surface area contributed by atoms with Crippen molar-refractivity contribution in [1.82, 2.24) is 9.88 Å². The van der Waals surface area contributed by atoms with Crippen LogP contribution in [0.15, 0.2) is 18.3 Å². The number of likely N-dealkylation sites (tertiary alicyclic amines) is 1. The quantitative estimate of drug-likeness (QED) is 0.879. The number of nitrogens with zero attached hydrogens (tertiary/aromatic N) is 2. The number of hydrogen-bond acceptors (Lipinski definition) is 4. The third-order valence-corrected chi connectivity index (χ3v) is 3.12. The van der Waals surface area contributed by atoms with E-state index in [2.05, 4.69) is 10.3 Å². The molecule has 1 N–H and O–H groups in total. The lowest BCUT2D eigenvalue weighted by Gasteiger charge is -2.21. The summed E-state index contributed by atoms with van der Waals surface area (Å²) >= 11 is 0. The number of methoxy groups -OCH3 is 1. The molecule has 1 aliphatic rings. The number of ether oxygens (including phenoxy) is 1. The summed E-state index contributed by atoms with van der Waals surface area (Å²) in [4.78, 5) is 18.1. The van der Waals surface area contributed by atoms with Gasteiger partial charge < -0.3 is 15.0 Å². The van der Waals surface area contributed by atoms with Crippen molar-refractivity contribution < 1.29 is 9.53 Å². The van der Waals surface area contributed by atoms with Gasteiger partial charge in [0.15, 0.2) is 0 Å². The van der Waals surface area contributed by atoms with Gasteiger partial charge in [-0.25, -0.2) is 4.98 Å². The lowest BCUT2D eigenvalue weighted by atomic mass is 10.2. The van der Waals surface area contributed by atoms with Crippen LogP contribution in [0.5, 0.6) is 5.88 Å². The van der Waals surface area contributed by atoms with Crippen LogP contribution in [0.4, 0.5) is 5.69 Å². The zero-order chi connectivity index (χ0) is 13.0. The summed E-state index contributed by atoms with van der Waals surface area (Å²) in [5.41, 5.74) is 0.829. The van der Waals surface area contributed by atoms with Crippen LogP contribution in [0, 0.1) is 0 Å². The van der Waals surface area contributed by atoms with Crippen molar-refractivity contribution in [3.8, 4) is 5.88 Å². The molecule has 0 aliphatic carbocycles. The summed E-state index contributed by atoms with van der Waals surface area (Å²) in [5.74, 6) is 0.724. The molecule has 5 heteroatoms. The molecule has 1 aromatic rings. The van der Waals surface area contributed by atoms with Gasteiger partial charge in [-0.2, -0.15) is 0 Å². The highest BCUT2D eigenvalue weighted by atomic mass is 16.5. The molecule has 98 valence electrons. The second-order valence-corrected chi connectivity index (χ2v) is 4.49. The number of carbonyl (C=O) groups excluding carboxylic acids is 1. The van der Waals surface area contributed by atoms with E-state index in [1.54, 1.807) is 19.4 Å². The molecule has 2 rings (SSSR count). The second kappa shape index (κ2) is 5.71. The third kappa shape index (κ3) is 2.91. The van der Waals surface area contributed by atoms with E-state index < -0.39 is 0 Å². The van der Waals surface area contributed by atoms with Crippen LogP contribution >= 0.6 is 0 Å². The van der Waals surface area contributed by atoms with Crippen LogP contribution < -0.4 is 10.1 Å². The largest absolute Gasteiger partial charge is 0.481 e. The minimum absolute atomic E-state index is 0.156. The molecule has 1 amide bonds. The molecule has 0 aromatic carbocycles. The number of amides is 1. The maximum Gasteiger partial charge on any atom is 0.244 e. The monoisotopic (exact) mass is 249 g/mol. The Morgan fingerprint density at radius 1 is 1.44 bits per heavy atom. The van der Waals surface area contributed by atoms with E-state index in [4.69, 9.17) is 4.74 Å². The van der Waals surface area contributed by atoms with Crippen molar-refractivity contribution in [2.75, 3.05) is 25.5 Å². The lowest BCUT2D eigenvalue weighted by molar-refractivity contribution is -0.130. The van der Waals surface area contributed by atoms with Crippen LogP contribution in [0.3, 0.4) is 0 Å². The predicted octanol–water partition coefficient (Wildman–Crippen LogP) is 1.51. The fourth-order valence-corrected chi connectivity index (χ4v) is 2.11. The number of nitrogens with one attached hydrogen (secondary N) is 1. The van der Waals surface area contributed by atoms with Gasteiger partial charge in [-0.1, -0.05) is 0 Å². The van der Waals surface area contributed by atoms with Crippen molar-refractivity contribution in [3.05, 3.63) is 18.3 Å². The van der Waals surface area contributed by atoms with E-state index in [0.29, 0.717) is 5.88 Å². The topological polar surface area (TPSA) is 54.5 Å². The number of hydrogen-bond donors (Lipinski definition) is 1. The van der Waals surface area contributed by atoms with Gasteiger partial charge in [0.05, 0.1) is 19.0 Å². The van der Waals surface area contributed by atoms with E-state index >= 15 is 0 Å².